The SMILES string of the molecule is COc1ccc2cc1Oc1ccc(cc1)C[C@H]1c3cc(c(OC)cc3CC[N+]1(C)C)Oc1c(OC)c(OC)cc3c1[C@@H](C2)[N+](C)(C)CC3. The normalized spacial score (nSPS) is 20.2. The molecular formula is C40H48N2O6+2. The smallest absolute Gasteiger partial charge is 0.204 e. The Labute approximate surface area is 284 Å². The first-order chi connectivity index (χ1) is 23.0. The monoisotopic (exact) mass is 652 g/mol. The van der Waals surface area contributed by atoms with E-state index in [0.29, 0.717) is 34.5 Å². The number of quaternary nitrogens is 2. The largest absolute Gasteiger partial charge is 0.493 e. The first kappa shape index (κ1) is 32.2. The Hall–Kier alpha value is -4.40. The summed E-state index contributed by atoms with van der Waals surface area (Å²) in [6.45, 7) is 2.00. The minimum atomic E-state index is 0.0509. The predicted octanol–water partition coefficient (Wildman–Crippen LogP) is 7.45. The Bertz CT molecular complexity index is 1850. The quantitative estimate of drug-likeness (QED) is 0.214. The van der Waals surface area contributed by atoms with Crippen molar-refractivity contribution in [2.75, 3.05) is 69.7 Å². The van der Waals surface area contributed by atoms with E-state index in [1.54, 1.807) is 28.4 Å². The number of ether oxygens (including phenoxy) is 6. The molecule has 4 aliphatic rings. The summed E-state index contributed by atoms with van der Waals surface area (Å²) in [4.78, 5) is 0. The van der Waals surface area contributed by atoms with E-state index < -0.39 is 0 Å². The number of rotatable bonds is 4. The molecule has 0 amide bonds. The van der Waals surface area contributed by atoms with E-state index in [1.165, 1.54) is 22.3 Å². The van der Waals surface area contributed by atoms with Gasteiger partial charge in [-0.3, -0.25) is 0 Å². The number of hydrogen-bond donors (Lipinski definition) is 0. The highest BCUT2D eigenvalue weighted by molar-refractivity contribution is 5.63. The van der Waals surface area contributed by atoms with Crippen LogP contribution in [0.1, 0.15) is 45.5 Å². The maximum atomic E-state index is 7.14. The zero-order valence-electron chi connectivity index (χ0n) is 29.5. The lowest BCUT2D eigenvalue weighted by atomic mass is 9.85. The summed E-state index contributed by atoms with van der Waals surface area (Å²) in [6, 6.07) is 21.6. The van der Waals surface area contributed by atoms with Crippen molar-refractivity contribution in [1.82, 2.24) is 0 Å². The van der Waals surface area contributed by atoms with Crippen molar-refractivity contribution in [2.45, 2.75) is 37.8 Å². The fourth-order valence-corrected chi connectivity index (χ4v) is 7.95. The summed E-state index contributed by atoms with van der Waals surface area (Å²) in [5.74, 6) is 5.51. The van der Waals surface area contributed by atoms with Gasteiger partial charge < -0.3 is 37.4 Å². The predicted molar refractivity (Wildman–Crippen MR) is 186 cm³/mol. The lowest BCUT2D eigenvalue weighted by Gasteiger charge is -2.44. The molecule has 0 saturated heterocycles. The van der Waals surface area contributed by atoms with Crippen LogP contribution in [0.25, 0.3) is 0 Å². The van der Waals surface area contributed by atoms with Crippen molar-refractivity contribution in [3.05, 3.63) is 94.0 Å². The molecule has 0 aromatic heterocycles. The van der Waals surface area contributed by atoms with Crippen LogP contribution in [0.4, 0.5) is 0 Å². The molecule has 4 aromatic carbocycles. The van der Waals surface area contributed by atoms with Gasteiger partial charge in [-0.1, -0.05) is 18.2 Å². The van der Waals surface area contributed by atoms with Crippen molar-refractivity contribution < 1.29 is 37.4 Å². The Kier molecular flexibility index (Phi) is 8.20. The van der Waals surface area contributed by atoms with Crippen LogP contribution in [0.2, 0.25) is 0 Å². The number of likely N-dealkylation sites (N-methyl/N-ethyl adjacent to an activating group) is 2. The second-order valence-corrected chi connectivity index (χ2v) is 14.5. The van der Waals surface area contributed by atoms with Crippen LogP contribution in [0.3, 0.4) is 0 Å². The molecule has 2 atom stereocenters. The molecule has 4 aromatic rings. The van der Waals surface area contributed by atoms with Gasteiger partial charge in [-0.15, -0.1) is 0 Å². The minimum Gasteiger partial charge on any atom is -0.493 e. The van der Waals surface area contributed by atoms with Gasteiger partial charge in [0.1, 0.15) is 17.8 Å². The van der Waals surface area contributed by atoms with Crippen molar-refractivity contribution in [3.63, 3.8) is 0 Å². The number of fused-ring (bicyclic) bond motifs is 2. The van der Waals surface area contributed by atoms with Crippen molar-refractivity contribution in [1.29, 1.82) is 0 Å². The van der Waals surface area contributed by atoms with Gasteiger partial charge in [0.2, 0.25) is 5.75 Å². The molecule has 8 heteroatoms. The molecule has 4 heterocycles. The second kappa shape index (κ2) is 12.2. The standard InChI is InChI=1S/C40H48N2O6/c1-41(2)17-15-27-22-34(44-6)36-24-30(27)31(41)19-25-9-12-29(13-10-25)47-35-21-26(11-14-33(35)43-5)20-32-38-28(16-18-42(32,3)4)23-37(45-7)39(46-8)40(38)48-36/h9-14,21-24,31-32H,15-20H2,1-8H3/q+2/t31-,32+/m0/s1. The van der Waals surface area contributed by atoms with Gasteiger partial charge in [0.25, 0.3) is 0 Å². The number of methoxy groups -OCH3 is 4. The molecule has 0 radical (unpaired) electrons. The first-order valence-electron chi connectivity index (χ1n) is 16.8. The molecule has 0 N–H and O–H groups in total. The summed E-state index contributed by atoms with van der Waals surface area (Å²) in [6.07, 6.45) is 3.47. The maximum absolute atomic E-state index is 7.14. The van der Waals surface area contributed by atoms with E-state index in [9.17, 15) is 0 Å². The lowest BCUT2D eigenvalue weighted by Crippen LogP contribution is -2.49. The van der Waals surface area contributed by atoms with Crippen LogP contribution >= 0.6 is 0 Å². The zero-order chi connectivity index (χ0) is 33.8. The van der Waals surface area contributed by atoms with E-state index in [-0.39, 0.29) is 12.1 Å². The fourth-order valence-electron chi connectivity index (χ4n) is 7.95. The summed E-state index contributed by atoms with van der Waals surface area (Å²) >= 11 is 0. The van der Waals surface area contributed by atoms with Gasteiger partial charge in [-0.25, -0.2) is 0 Å². The summed E-state index contributed by atoms with van der Waals surface area (Å²) in [7, 11) is 16.0. The van der Waals surface area contributed by atoms with E-state index in [1.807, 2.05) is 6.07 Å². The first-order valence-corrected chi connectivity index (χ1v) is 16.8. The topological polar surface area (TPSA) is 55.4 Å². The third-order valence-corrected chi connectivity index (χ3v) is 10.9. The molecule has 6 bridgehead atoms. The van der Waals surface area contributed by atoms with E-state index in [0.717, 1.165) is 70.4 Å². The molecule has 8 nitrogen and oxygen atoms in total. The van der Waals surface area contributed by atoms with Gasteiger partial charge in [0, 0.05) is 31.2 Å². The molecule has 0 saturated carbocycles. The molecule has 0 unspecified atom stereocenters. The van der Waals surface area contributed by atoms with Gasteiger partial charge in [0.15, 0.2) is 34.5 Å². The van der Waals surface area contributed by atoms with Gasteiger partial charge in [0.05, 0.1) is 75.3 Å². The Morgan fingerprint density at radius 1 is 0.583 bits per heavy atom. The van der Waals surface area contributed by atoms with Crippen LogP contribution in [0, 0.1) is 0 Å². The number of hydrogen-bond acceptors (Lipinski definition) is 6. The third-order valence-electron chi connectivity index (χ3n) is 10.9. The van der Waals surface area contributed by atoms with Crippen molar-refractivity contribution >= 4 is 0 Å². The van der Waals surface area contributed by atoms with E-state index in [2.05, 4.69) is 82.8 Å². The number of nitrogens with zero attached hydrogens (tertiary/aromatic N) is 2. The Morgan fingerprint density at radius 3 is 1.88 bits per heavy atom. The average Bonchev–Trinajstić information content (AvgIpc) is 3.07. The molecule has 0 spiro atoms. The zero-order valence-corrected chi connectivity index (χ0v) is 29.5. The van der Waals surface area contributed by atoms with Gasteiger partial charge >= 0.3 is 0 Å². The van der Waals surface area contributed by atoms with Crippen LogP contribution in [0.5, 0.6) is 46.0 Å². The highest BCUT2D eigenvalue weighted by Gasteiger charge is 2.42. The third kappa shape index (κ3) is 5.61. The highest BCUT2D eigenvalue weighted by atomic mass is 16.5. The second-order valence-electron chi connectivity index (χ2n) is 14.5. The molecule has 48 heavy (non-hydrogen) atoms. The van der Waals surface area contributed by atoms with Gasteiger partial charge in [-0.2, -0.15) is 0 Å². The molecular weight excluding hydrogens is 604 g/mol. The molecule has 252 valence electrons. The van der Waals surface area contributed by atoms with Crippen molar-refractivity contribution in [3.8, 4) is 46.0 Å². The maximum Gasteiger partial charge on any atom is 0.204 e. The van der Waals surface area contributed by atoms with Crippen molar-refractivity contribution in [2.24, 2.45) is 0 Å². The van der Waals surface area contributed by atoms with Crippen LogP contribution in [-0.2, 0) is 25.7 Å². The molecule has 0 fully saturated rings. The molecule has 4 aliphatic heterocycles. The fraction of sp³-hybridized carbons (Fsp3) is 0.400. The summed E-state index contributed by atoms with van der Waals surface area (Å²) in [5, 5.41) is 0. The Balaban J connectivity index is 1.50. The summed E-state index contributed by atoms with van der Waals surface area (Å²) < 4.78 is 39.1. The lowest BCUT2D eigenvalue weighted by molar-refractivity contribution is -0.923. The van der Waals surface area contributed by atoms with E-state index in [4.69, 9.17) is 28.4 Å². The number of benzene rings is 4. The van der Waals surface area contributed by atoms with Crippen LogP contribution in [0.15, 0.2) is 60.7 Å². The highest BCUT2D eigenvalue weighted by Crippen LogP contribution is 2.53. The van der Waals surface area contributed by atoms with Crippen LogP contribution in [-0.4, -0.2) is 78.7 Å². The average molecular weight is 653 g/mol. The van der Waals surface area contributed by atoms with E-state index >= 15 is 0 Å². The minimum absolute atomic E-state index is 0.0509. The summed E-state index contributed by atoms with van der Waals surface area (Å²) in [5.41, 5.74) is 7.31. The van der Waals surface area contributed by atoms with Crippen LogP contribution < -0.4 is 28.4 Å². The Morgan fingerprint density at radius 2 is 1.19 bits per heavy atom. The molecule has 0 aliphatic carbocycles. The van der Waals surface area contributed by atoms with Gasteiger partial charge in [-0.05, 0) is 64.7 Å². The molecule has 8 rings (SSSR count).